The zero-order valence-corrected chi connectivity index (χ0v) is 20.5. The molecule has 1 atom stereocenters. The second kappa shape index (κ2) is 11.0. The normalized spacial score (nSPS) is 15.2. The molecule has 1 fully saturated rings. The highest BCUT2D eigenvalue weighted by molar-refractivity contribution is 5.68. The maximum Gasteiger partial charge on any atom is 0.162 e. The van der Waals surface area contributed by atoms with E-state index in [1.165, 1.54) is 0 Å². The van der Waals surface area contributed by atoms with E-state index in [1.54, 1.807) is 17.8 Å². The topological polar surface area (TPSA) is 110 Å². The molecule has 1 unspecified atom stereocenters. The van der Waals surface area contributed by atoms with Gasteiger partial charge in [0.2, 0.25) is 0 Å². The minimum Gasteiger partial charge on any atom is -0.491 e. The Morgan fingerprint density at radius 2 is 2.06 bits per heavy atom. The number of aliphatic hydroxyl groups is 1. The molecule has 1 aromatic carbocycles. The number of hydrogen-bond acceptors (Lipinski definition) is 9. The number of benzene rings is 1. The zero-order valence-electron chi connectivity index (χ0n) is 20.5. The van der Waals surface area contributed by atoms with Crippen LogP contribution in [0.25, 0.3) is 28.3 Å². The number of likely N-dealkylation sites (N-methyl/N-ethyl adjacent to an activating group) is 1. The first-order valence-electron chi connectivity index (χ1n) is 12.2. The molecule has 188 valence electrons. The summed E-state index contributed by atoms with van der Waals surface area (Å²) in [5, 5.41) is 17.3. The molecule has 4 aromatic rings. The van der Waals surface area contributed by atoms with E-state index in [-0.39, 0.29) is 6.61 Å². The Morgan fingerprint density at radius 1 is 1.19 bits per heavy atom. The summed E-state index contributed by atoms with van der Waals surface area (Å²) in [5.41, 5.74) is 3.21. The Hall–Kier alpha value is -3.60. The number of anilines is 1. The van der Waals surface area contributed by atoms with Gasteiger partial charge in [0.25, 0.3) is 0 Å². The van der Waals surface area contributed by atoms with Crippen LogP contribution in [0.3, 0.4) is 0 Å². The third-order valence-electron chi connectivity index (χ3n) is 6.33. The minimum absolute atomic E-state index is 0.193. The second-order valence-corrected chi connectivity index (χ2v) is 8.92. The van der Waals surface area contributed by atoms with Crippen LogP contribution in [0.2, 0.25) is 0 Å². The van der Waals surface area contributed by atoms with Crippen LogP contribution < -0.4 is 15.0 Å². The number of fused-ring (bicyclic) bond motifs is 1. The molecular formula is C26H31N7O3. The average Bonchev–Trinajstić information content (AvgIpc) is 3.40. The number of hydrogen-bond donors (Lipinski definition) is 2. The highest BCUT2D eigenvalue weighted by Crippen LogP contribution is 2.29. The summed E-state index contributed by atoms with van der Waals surface area (Å²) < 4.78 is 13.1. The van der Waals surface area contributed by atoms with Gasteiger partial charge < -0.3 is 24.8 Å². The molecule has 3 aromatic heterocycles. The first-order chi connectivity index (χ1) is 17.6. The fourth-order valence-electron chi connectivity index (χ4n) is 4.31. The summed E-state index contributed by atoms with van der Waals surface area (Å²) in [6.07, 6.45) is 6.76. The van der Waals surface area contributed by atoms with Crippen molar-refractivity contribution in [3.8, 4) is 28.4 Å². The van der Waals surface area contributed by atoms with Crippen LogP contribution in [-0.4, -0.2) is 82.3 Å². The fourth-order valence-corrected chi connectivity index (χ4v) is 4.31. The molecule has 10 heteroatoms. The molecule has 0 saturated carbocycles. The van der Waals surface area contributed by atoms with Crippen molar-refractivity contribution in [1.29, 1.82) is 0 Å². The molecule has 0 radical (unpaired) electrons. The van der Waals surface area contributed by atoms with Crippen LogP contribution in [0.15, 0.2) is 55.0 Å². The van der Waals surface area contributed by atoms with Gasteiger partial charge in [0.15, 0.2) is 11.5 Å². The van der Waals surface area contributed by atoms with Crippen molar-refractivity contribution in [3.05, 3.63) is 55.0 Å². The number of rotatable bonds is 9. The lowest BCUT2D eigenvalue weighted by molar-refractivity contribution is 0.0853. The van der Waals surface area contributed by atoms with Crippen molar-refractivity contribution in [2.75, 3.05) is 45.4 Å². The molecule has 0 bridgehead atoms. The standard InChI is InChI=1S/C26H31N7O3/c1-27-15-21(34)17-36-22-5-3-4-18(12-22)26-30-23(19-14-28-24-6-9-29-33(24)16-19)13-25(31-26)32(2)20-7-10-35-11-8-20/h3-6,9,12-14,16,20-21,27,34H,7-8,10-11,15,17H2,1-2H3. The lowest BCUT2D eigenvalue weighted by Gasteiger charge is -2.32. The predicted molar refractivity (Wildman–Crippen MR) is 137 cm³/mol. The van der Waals surface area contributed by atoms with E-state index in [0.717, 1.165) is 54.3 Å². The summed E-state index contributed by atoms with van der Waals surface area (Å²) in [5.74, 6) is 2.07. The van der Waals surface area contributed by atoms with Crippen molar-refractivity contribution in [2.24, 2.45) is 0 Å². The quantitative estimate of drug-likeness (QED) is 0.366. The summed E-state index contributed by atoms with van der Waals surface area (Å²) in [6.45, 7) is 2.15. The maximum atomic E-state index is 10.0. The number of aliphatic hydroxyl groups excluding tert-OH is 1. The number of nitrogens with zero attached hydrogens (tertiary/aromatic N) is 6. The monoisotopic (exact) mass is 489 g/mol. The van der Waals surface area contributed by atoms with Crippen molar-refractivity contribution >= 4 is 11.5 Å². The van der Waals surface area contributed by atoms with Gasteiger partial charge in [0.1, 0.15) is 24.3 Å². The van der Waals surface area contributed by atoms with E-state index >= 15 is 0 Å². The molecule has 1 aliphatic heterocycles. The van der Waals surface area contributed by atoms with Crippen molar-refractivity contribution in [3.63, 3.8) is 0 Å². The highest BCUT2D eigenvalue weighted by Gasteiger charge is 2.21. The van der Waals surface area contributed by atoms with Crippen LogP contribution in [0, 0.1) is 0 Å². The third kappa shape index (κ3) is 5.46. The van der Waals surface area contributed by atoms with Gasteiger partial charge in [-0.1, -0.05) is 12.1 Å². The van der Waals surface area contributed by atoms with E-state index < -0.39 is 6.10 Å². The smallest absolute Gasteiger partial charge is 0.162 e. The van der Waals surface area contributed by atoms with Crippen LogP contribution in [0.5, 0.6) is 5.75 Å². The molecule has 36 heavy (non-hydrogen) atoms. The van der Waals surface area contributed by atoms with Crippen LogP contribution in [-0.2, 0) is 4.74 Å². The van der Waals surface area contributed by atoms with Crippen LogP contribution >= 0.6 is 0 Å². The third-order valence-corrected chi connectivity index (χ3v) is 6.33. The van der Waals surface area contributed by atoms with Gasteiger partial charge in [-0.05, 0) is 32.0 Å². The minimum atomic E-state index is -0.595. The summed E-state index contributed by atoms with van der Waals surface area (Å²) in [4.78, 5) is 16.6. The Kier molecular flexibility index (Phi) is 7.36. The fraction of sp³-hybridized carbons (Fsp3) is 0.385. The molecule has 1 saturated heterocycles. The molecule has 2 N–H and O–H groups in total. The van der Waals surface area contributed by atoms with E-state index in [0.29, 0.717) is 24.2 Å². The van der Waals surface area contributed by atoms with E-state index in [9.17, 15) is 5.11 Å². The number of ether oxygens (including phenoxy) is 2. The van der Waals surface area contributed by atoms with E-state index in [2.05, 4.69) is 27.3 Å². The van der Waals surface area contributed by atoms with Crippen molar-refractivity contribution < 1.29 is 14.6 Å². The molecule has 0 amide bonds. The van der Waals surface area contributed by atoms with Gasteiger partial charge in [-0.15, -0.1) is 0 Å². The van der Waals surface area contributed by atoms with Gasteiger partial charge >= 0.3 is 0 Å². The summed E-state index contributed by atoms with van der Waals surface area (Å²) in [7, 11) is 3.87. The van der Waals surface area contributed by atoms with E-state index in [1.807, 2.05) is 48.8 Å². The first-order valence-corrected chi connectivity index (χ1v) is 12.2. The second-order valence-electron chi connectivity index (χ2n) is 8.92. The lowest BCUT2D eigenvalue weighted by atomic mass is 10.1. The zero-order chi connectivity index (χ0) is 24.9. The predicted octanol–water partition coefficient (Wildman–Crippen LogP) is 2.43. The maximum absolute atomic E-state index is 10.0. The van der Waals surface area contributed by atoms with Gasteiger partial charge in [0, 0.05) is 68.5 Å². The van der Waals surface area contributed by atoms with Crippen LogP contribution in [0.1, 0.15) is 12.8 Å². The molecule has 1 aliphatic rings. The Labute approximate surface area is 209 Å². The Morgan fingerprint density at radius 3 is 2.89 bits per heavy atom. The molecular weight excluding hydrogens is 458 g/mol. The first kappa shape index (κ1) is 24.1. The number of aromatic nitrogens is 5. The molecule has 5 rings (SSSR count). The highest BCUT2D eigenvalue weighted by atomic mass is 16.5. The SMILES string of the molecule is CNCC(O)COc1cccc(-c2nc(-c3cnc4ccnn4c3)cc(N(C)C3CCOCC3)n2)c1. The summed E-state index contributed by atoms with van der Waals surface area (Å²) in [6, 6.07) is 11.8. The van der Waals surface area contributed by atoms with Crippen LogP contribution in [0.4, 0.5) is 5.82 Å². The molecule has 4 heterocycles. The van der Waals surface area contributed by atoms with Gasteiger partial charge in [-0.2, -0.15) is 5.10 Å². The summed E-state index contributed by atoms with van der Waals surface area (Å²) >= 11 is 0. The van der Waals surface area contributed by atoms with Crippen molar-refractivity contribution in [2.45, 2.75) is 25.0 Å². The Balaban J connectivity index is 1.51. The Bertz CT molecular complexity index is 1310. The molecule has 10 nitrogen and oxygen atoms in total. The van der Waals surface area contributed by atoms with Gasteiger partial charge in [0.05, 0.1) is 11.9 Å². The lowest BCUT2D eigenvalue weighted by Crippen LogP contribution is -2.37. The van der Waals surface area contributed by atoms with Gasteiger partial charge in [-0.25, -0.2) is 19.5 Å². The average molecular weight is 490 g/mol. The van der Waals surface area contributed by atoms with E-state index in [4.69, 9.17) is 19.4 Å². The molecule has 0 aliphatic carbocycles. The van der Waals surface area contributed by atoms with Crippen molar-refractivity contribution in [1.82, 2.24) is 29.9 Å². The number of nitrogens with one attached hydrogen (secondary N) is 1. The van der Waals surface area contributed by atoms with Gasteiger partial charge in [-0.3, -0.25) is 0 Å². The largest absolute Gasteiger partial charge is 0.491 e. The molecule has 0 spiro atoms.